The number of nitrogens with one attached hydrogen (secondary N) is 1. The van der Waals surface area contributed by atoms with E-state index in [-0.39, 0.29) is 5.75 Å². The Hall–Kier alpha value is -2.24. The van der Waals surface area contributed by atoms with Crippen molar-refractivity contribution in [1.82, 2.24) is 10.2 Å². The molecule has 2 aromatic rings. The average molecular weight is 279 g/mol. The second-order valence-corrected chi connectivity index (χ2v) is 4.13. The van der Waals surface area contributed by atoms with Gasteiger partial charge in [-0.15, -0.1) is 10.2 Å². The van der Waals surface area contributed by atoms with Crippen molar-refractivity contribution >= 4 is 5.82 Å². The van der Waals surface area contributed by atoms with E-state index in [9.17, 15) is 8.78 Å². The van der Waals surface area contributed by atoms with Gasteiger partial charge in [-0.05, 0) is 42.8 Å². The second kappa shape index (κ2) is 6.79. The minimum Gasteiger partial charge on any atom is -0.435 e. The first kappa shape index (κ1) is 14.2. The minimum atomic E-state index is -2.82. The molecule has 1 aromatic carbocycles. The molecule has 0 saturated carbocycles. The maximum atomic E-state index is 12.0. The summed E-state index contributed by atoms with van der Waals surface area (Å²) >= 11 is 0. The van der Waals surface area contributed by atoms with E-state index in [0.717, 1.165) is 18.5 Å². The van der Waals surface area contributed by atoms with Crippen LogP contribution in [0.4, 0.5) is 14.6 Å². The average Bonchev–Trinajstić information content (AvgIpc) is 2.46. The van der Waals surface area contributed by atoms with Crippen LogP contribution in [0.15, 0.2) is 36.4 Å². The van der Waals surface area contributed by atoms with Crippen LogP contribution in [-0.2, 0) is 0 Å². The largest absolute Gasteiger partial charge is 0.435 e. The Bertz CT molecular complexity index is 529. The van der Waals surface area contributed by atoms with Crippen molar-refractivity contribution in [2.24, 2.45) is 0 Å². The molecule has 6 heteroatoms. The van der Waals surface area contributed by atoms with Crippen LogP contribution in [0.2, 0.25) is 0 Å². The summed E-state index contributed by atoms with van der Waals surface area (Å²) in [6.45, 7) is 0.0930. The van der Waals surface area contributed by atoms with Gasteiger partial charge in [0, 0.05) is 12.1 Å². The molecular formula is C14H15F2N3O. The van der Waals surface area contributed by atoms with Crippen molar-refractivity contribution in [3.8, 4) is 17.0 Å². The molecule has 0 radical (unpaired) electrons. The van der Waals surface area contributed by atoms with Crippen molar-refractivity contribution in [3.05, 3.63) is 36.4 Å². The van der Waals surface area contributed by atoms with Gasteiger partial charge in [-0.1, -0.05) is 6.92 Å². The number of benzene rings is 1. The molecule has 0 aliphatic heterocycles. The van der Waals surface area contributed by atoms with Gasteiger partial charge in [-0.2, -0.15) is 8.78 Å². The number of nitrogens with zero attached hydrogens (tertiary/aromatic N) is 2. The number of ether oxygens (including phenoxy) is 1. The van der Waals surface area contributed by atoms with Crippen LogP contribution in [0.1, 0.15) is 13.3 Å². The summed E-state index contributed by atoms with van der Waals surface area (Å²) in [6.07, 6.45) is 1.01. The topological polar surface area (TPSA) is 47.0 Å². The molecule has 2 rings (SSSR count). The van der Waals surface area contributed by atoms with Crippen LogP contribution in [-0.4, -0.2) is 23.4 Å². The molecule has 0 atom stereocenters. The van der Waals surface area contributed by atoms with Crippen molar-refractivity contribution in [2.75, 3.05) is 11.9 Å². The lowest BCUT2D eigenvalue weighted by Crippen LogP contribution is -2.03. The van der Waals surface area contributed by atoms with Gasteiger partial charge in [-0.25, -0.2) is 0 Å². The fourth-order valence-electron chi connectivity index (χ4n) is 1.64. The third kappa shape index (κ3) is 3.88. The summed E-state index contributed by atoms with van der Waals surface area (Å²) in [5.74, 6) is 0.839. The predicted molar refractivity (Wildman–Crippen MR) is 72.9 cm³/mol. The molecule has 0 saturated heterocycles. The quantitative estimate of drug-likeness (QED) is 0.878. The zero-order chi connectivity index (χ0) is 14.4. The third-order valence-electron chi connectivity index (χ3n) is 2.60. The first-order valence-electron chi connectivity index (χ1n) is 6.32. The molecule has 0 aliphatic rings. The smallest absolute Gasteiger partial charge is 0.387 e. The van der Waals surface area contributed by atoms with Crippen LogP contribution in [0, 0.1) is 0 Å². The summed E-state index contributed by atoms with van der Waals surface area (Å²) in [4.78, 5) is 0. The molecule has 0 aliphatic carbocycles. The molecule has 1 N–H and O–H groups in total. The number of alkyl halides is 2. The molecule has 0 unspecified atom stereocenters. The Balaban J connectivity index is 2.07. The Kier molecular flexibility index (Phi) is 4.81. The molecular weight excluding hydrogens is 264 g/mol. The van der Waals surface area contributed by atoms with Crippen molar-refractivity contribution in [2.45, 2.75) is 20.0 Å². The highest BCUT2D eigenvalue weighted by Crippen LogP contribution is 2.21. The first-order valence-corrected chi connectivity index (χ1v) is 6.32. The van der Waals surface area contributed by atoms with Crippen LogP contribution < -0.4 is 10.1 Å². The summed E-state index contributed by atoms with van der Waals surface area (Å²) in [5.41, 5.74) is 1.47. The number of hydrogen-bond donors (Lipinski definition) is 1. The summed E-state index contributed by atoms with van der Waals surface area (Å²) in [6, 6.07) is 9.95. The van der Waals surface area contributed by atoms with Gasteiger partial charge in [0.05, 0.1) is 5.69 Å². The van der Waals surface area contributed by atoms with Gasteiger partial charge in [-0.3, -0.25) is 0 Å². The van der Waals surface area contributed by atoms with E-state index in [1.54, 1.807) is 12.1 Å². The molecule has 4 nitrogen and oxygen atoms in total. The monoisotopic (exact) mass is 279 g/mol. The standard InChI is InChI=1S/C14H15F2N3O/c1-2-9-17-13-8-7-12(18-19-13)10-3-5-11(6-4-10)20-14(15)16/h3-8,14H,2,9H2,1H3,(H,17,19). The maximum absolute atomic E-state index is 12.0. The highest BCUT2D eigenvalue weighted by atomic mass is 19.3. The van der Waals surface area contributed by atoms with Crippen molar-refractivity contribution < 1.29 is 13.5 Å². The van der Waals surface area contributed by atoms with Gasteiger partial charge >= 0.3 is 6.61 Å². The molecule has 0 amide bonds. The van der Waals surface area contributed by atoms with E-state index in [1.165, 1.54) is 12.1 Å². The van der Waals surface area contributed by atoms with Crippen LogP contribution in [0.5, 0.6) is 5.75 Å². The number of anilines is 1. The lowest BCUT2D eigenvalue weighted by Gasteiger charge is -2.06. The van der Waals surface area contributed by atoms with Crippen molar-refractivity contribution in [1.29, 1.82) is 0 Å². The Labute approximate surface area is 115 Å². The van der Waals surface area contributed by atoms with Crippen LogP contribution in [0.25, 0.3) is 11.3 Å². The zero-order valence-electron chi connectivity index (χ0n) is 11.0. The van der Waals surface area contributed by atoms with Gasteiger partial charge in [0.2, 0.25) is 0 Å². The summed E-state index contributed by atoms with van der Waals surface area (Å²) < 4.78 is 28.4. The predicted octanol–water partition coefficient (Wildman–Crippen LogP) is 3.57. The Morgan fingerprint density at radius 1 is 1.10 bits per heavy atom. The normalized spacial score (nSPS) is 10.6. The molecule has 0 spiro atoms. The SMILES string of the molecule is CCCNc1ccc(-c2ccc(OC(F)F)cc2)nn1. The Morgan fingerprint density at radius 2 is 1.85 bits per heavy atom. The minimum absolute atomic E-state index is 0.123. The Morgan fingerprint density at radius 3 is 2.40 bits per heavy atom. The fourth-order valence-corrected chi connectivity index (χ4v) is 1.64. The number of halogens is 2. The first-order chi connectivity index (χ1) is 9.69. The summed E-state index contributed by atoms with van der Waals surface area (Å²) in [5, 5.41) is 11.3. The third-order valence-corrected chi connectivity index (χ3v) is 2.60. The van der Waals surface area contributed by atoms with Crippen LogP contribution >= 0.6 is 0 Å². The van der Waals surface area contributed by atoms with E-state index in [2.05, 4.69) is 27.2 Å². The molecule has 1 heterocycles. The second-order valence-electron chi connectivity index (χ2n) is 4.13. The van der Waals surface area contributed by atoms with E-state index >= 15 is 0 Å². The number of rotatable bonds is 6. The van der Waals surface area contributed by atoms with Gasteiger partial charge < -0.3 is 10.1 Å². The molecule has 0 bridgehead atoms. The molecule has 20 heavy (non-hydrogen) atoms. The maximum Gasteiger partial charge on any atom is 0.387 e. The van der Waals surface area contributed by atoms with Crippen LogP contribution in [0.3, 0.4) is 0 Å². The number of aromatic nitrogens is 2. The lowest BCUT2D eigenvalue weighted by molar-refractivity contribution is -0.0498. The van der Waals surface area contributed by atoms with E-state index < -0.39 is 6.61 Å². The molecule has 106 valence electrons. The molecule has 1 aromatic heterocycles. The van der Waals surface area contributed by atoms with Gasteiger partial charge in [0.15, 0.2) is 0 Å². The van der Waals surface area contributed by atoms with Gasteiger partial charge in [0.1, 0.15) is 11.6 Å². The fraction of sp³-hybridized carbons (Fsp3) is 0.286. The highest BCUT2D eigenvalue weighted by molar-refractivity contribution is 5.60. The van der Waals surface area contributed by atoms with Gasteiger partial charge in [0.25, 0.3) is 0 Å². The highest BCUT2D eigenvalue weighted by Gasteiger charge is 2.05. The van der Waals surface area contributed by atoms with E-state index in [4.69, 9.17) is 0 Å². The van der Waals surface area contributed by atoms with Crippen molar-refractivity contribution in [3.63, 3.8) is 0 Å². The number of hydrogen-bond acceptors (Lipinski definition) is 4. The summed E-state index contributed by atoms with van der Waals surface area (Å²) in [7, 11) is 0. The molecule has 0 fully saturated rings. The van der Waals surface area contributed by atoms with E-state index in [1.807, 2.05) is 12.1 Å². The zero-order valence-corrected chi connectivity index (χ0v) is 11.0. The van der Waals surface area contributed by atoms with E-state index in [0.29, 0.717) is 11.5 Å². The lowest BCUT2D eigenvalue weighted by atomic mass is 10.1.